The number of rotatable bonds is 2. The number of hydrogen-bond acceptors (Lipinski definition) is 5. The number of carbonyl (C=O) groups excluding carboxylic acids is 3. The van der Waals surface area contributed by atoms with E-state index in [2.05, 4.69) is 5.10 Å². The molecular formula is C14H17N5O5. The summed E-state index contributed by atoms with van der Waals surface area (Å²) in [5, 5.41) is 2.29. The molecule has 0 aromatic carbocycles. The van der Waals surface area contributed by atoms with Crippen LogP contribution in [0.15, 0.2) is 21.7 Å². The molecule has 1 atom stereocenters. The Balaban J connectivity index is 1.74. The standard InChI is InChI=1S/C14H17N5O5/c1-16-7-13(23)18-5-4-17(6-9(18)14(16)24)12(22)8-19-11(21)3-2-10(20)15-19/h2-3,9H,4-8H2,1H3,(H,15,20)/t9-/m1/s1. The van der Waals surface area contributed by atoms with Crippen molar-refractivity contribution in [3.63, 3.8) is 0 Å². The lowest BCUT2D eigenvalue weighted by atomic mass is 10.1. The van der Waals surface area contributed by atoms with Gasteiger partial charge in [-0.2, -0.15) is 0 Å². The molecule has 0 bridgehead atoms. The van der Waals surface area contributed by atoms with Gasteiger partial charge < -0.3 is 14.7 Å². The number of likely N-dealkylation sites (N-methyl/N-ethyl adjacent to an activating group) is 1. The molecule has 2 saturated heterocycles. The third kappa shape index (κ3) is 2.82. The smallest absolute Gasteiger partial charge is 0.265 e. The van der Waals surface area contributed by atoms with E-state index in [1.165, 1.54) is 14.7 Å². The molecule has 0 radical (unpaired) electrons. The molecule has 1 N–H and O–H groups in total. The molecule has 10 heteroatoms. The molecule has 0 aliphatic carbocycles. The lowest BCUT2D eigenvalue weighted by molar-refractivity contribution is -0.160. The molecule has 0 saturated carbocycles. The minimum absolute atomic E-state index is 0.0456. The van der Waals surface area contributed by atoms with E-state index in [1.807, 2.05) is 0 Å². The van der Waals surface area contributed by atoms with Gasteiger partial charge in [0.25, 0.3) is 11.1 Å². The van der Waals surface area contributed by atoms with Crippen molar-refractivity contribution in [2.75, 3.05) is 33.2 Å². The van der Waals surface area contributed by atoms with Crippen LogP contribution in [0.2, 0.25) is 0 Å². The fraction of sp³-hybridized carbons (Fsp3) is 0.500. The molecule has 3 heterocycles. The Kier molecular flexibility index (Phi) is 3.96. The first kappa shape index (κ1) is 16.0. The molecule has 2 aliphatic heterocycles. The predicted molar refractivity (Wildman–Crippen MR) is 81.0 cm³/mol. The fourth-order valence-electron chi connectivity index (χ4n) is 2.96. The van der Waals surface area contributed by atoms with E-state index in [4.69, 9.17) is 0 Å². The molecule has 3 rings (SSSR count). The molecule has 0 spiro atoms. The Bertz CT molecular complexity index is 812. The van der Waals surface area contributed by atoms with Crippen LogP contribution >= 0.6 is 0 Å². The zero-order valence-electron chi connectivity index (χ0n) is 13.1. The quantitative estimate of drug-likeness (QED) is 0.620. The molecule has 24 heavy (non-hydrogen) atoms. The minimum atomic E-state index is -0.694. The summed E-state index contributed by atoms with van der Waals surface area (Å²) >= 11 is 0. The molecule has 1 aromatic rings. The second-order valence-electron chi connectivity index (χ2n) is 5.87. The van der Waals surface area contributed by atoms with E-state index in [-0.39, 0.29) is 44.5 Å². The highest BCUT2D eigenvalue weighted by atomic mass is 16.2. The van der Waals surface area contributed by atoms with Crippen LogP contribution in [-0.2, 0) is 20.9 Å². The maximum Gasteiger partial charge on any atom is 0.265 e. The fourth-order valence-corrected chi connectivity index (χ4v) is 2.96. The van der Waals surface area contributed by atoms with Crippen LogP contribution in [0.4, 0.5) is 0 Å². The summed E-state index contributed by atoms with van der Waals surface area (Å²) < 4.78 is 0.928. The van der Waals surface area contributed by atoms with E-state index < -0.39 is 23.1 Å². The summed E-state index contributed by atoms with van der Waals surface area (Å²) in [7, 11) is 1.55. The minimum Gasteiger partial charge on any atom is -0.337 e. The number of H-pyrrole nitrogens is 1. The Morgan fingerprint density at radius 2 is 1.96 bits per heavy atom. The molecule has 0 unspecified atom stereocenters. The highest BCUT2D eigenvalue weighted by Crippen LogP contribution is 2.17. The number of aromatic amines is 1. The van der Waals surface area contributed by atoms with Crippen molar-refractivity contribution in [2.24, 2.45) is 0 Å². The summed E-state index contributed by atoms with van der Waals surface area (Å²) in [5.41, 5.74) is -0.980. The highest BCUT2D eigenvalue weighted by Gasteiger charge is 2.42. The Hall–Kier alpha value is -2.91. The van der Waals surface area contributed by atoms with Gasteiger partial charge >= 0.3 is 0 Å². The molecular weight excluding hydrogens is 318 g/mol. The normalized spacial score (nSPS) is 21.0. The third-order valence-corrected chi connectivity index (χ3v) is 4.27. The second-order valence-corrected chi connectivity index (χ2v) is 5.87. The van der Waals surface area contributed by atoms with Gasteiger partial charge in [-0.15, -0.1) is 0 Å². The van der Waals surface area contributed by atoms with Gasteiger partial charge in [0.1, 0.15) is 12.6 Å². The van der Waals surface area contributed by atoms with Crippen LogP contribution in [0.5, 0.6) is 0 Å². The van der Waals surface area contributed by atoms with Crippen LogP contribution in [0, 0.1) is 0 Å². The van der Waals surface area contributed by atoms with E-state index >= 15 is 0 Å². The third-order valence-electron chi connectivity index (χ3n) is 4.27. The average Bonchev–Trinajstić information content (AvgIpc) is 2.55. The van der Waals surface area contributed by atoms with E-state index in [0.717, 1.165) is 16.8 Å². The maximum absolute atomic E-state index is 12.4. The first-order valence-corrected chi connectivity index (χ1v) is 7.49. The summed E-state index contributed by atoms with van der Waals surface area (Å²) in [6.07, 6.45) is 0. The summed E-state index contributed by atoms with van der Waals surface area (Å²) in [4.78, 5) is 63.8. The number of nitrogens with one attached hydrogen (secondary N) is 1. The van der Waals surface area contributed by atoms with Crippen molar-refractivity contribution in [1.29, 1.82) is 0 Å². The van der Waals surface area contributed by atoms with Gasteiger partial charge in [-0.3, -0.25) is 29.1 Å². The van der Waals surface area contributed by atoms with Crippen molar-refractivity contribution in [1.82, 2.24) is 24.5 Å². The van der Waals surface area contributed by atoms with Crippen LogP contribution in [0.1, 0.15) is 0 Å². The largest absolute Gasteiger partial charge is 0.337 e. The van der Waals surface area contributed by atoms with Crippen LogP contribution in [0.3, 0.4) is 0 Å². The van der Waals surface area contributed by atoms with Crippen LogP contribution in [0.25, 0.3) is 0 Å². The van der Waals surface area contributed by atoms with Crippen molar-refractivity contribution >= 4 is 17.7 Å². The number of piperazine rings is 2. The average molecular weight is 335 g/mol. The summed E-state index contributed by atoms with van der Waals surface area (Å²) in [6.45, 7) is 0.363. The zero-order valence-corrected chi connectivity index (χ0v) is 13.1. The van der Waals surface area contributed by atoms with Gasteiger partial charge in [0.2, 0.25) is 17.7 Å². The lowest BCUT2D eigenvalue weighted by Crippen LogP contribution is -2.66. The SMILES string of the molecule is CN1CC(=O)N2CCN(C(=O)Cn3[nH]c(=O)ccc3=O)C[C@@H]2C1=O. The summed E-state index contributed by atoms with van der Waals surface area (Å²) in [6, 6.07) is 1.48. The monoisotopic (exact) mass is 335 g/mol. The van der Waals surface area contributed by atoms with Crippen molar-refractivity contribution in [2.45, 2.75) is 12.6 Å². The first-order valence-electron chi connectivity index (χ1n) is 7.49. The molecule has 10 nitrogen and oxygen atoms in total. The predicted octanol–water partition coefficient (Wildman–Crippen LogP) is -2.95. The summed E-state index contributed by atoms with van der Waals surface area (Å²) in [5.74, 6) is -0.748. The molecule has 1 aromatic heterocycles. The molecule has 2 aliphatic rings. The van der Waals surface area contributed by atoms with Crippen molar-refractivity contribution in [3.05, 3.63) is 32.8 Å². The van der Waals surface area contributed by atoms with Crippen molar-refractivity contribution < 1.29 is 14.4 Å². The number of hydrogen-bond donors (Lipinski definition) is 1. The van der Waals surface area contributed by atoms with E-state index in [0.29, 0.717) is 0 Å². The first-order chi connectivity index (χ1) is 11.4. The van der Waals surface area contributed by atoms with Gasteiger partial charge in [-0.05, 0) is 0 Å². The van der Waals surface area contributed by atoms with Crippen molar-refractivity contribution in [3.8, 4) is 0 Å². The zero-order chi connectivity index (χ0) is 17.4. The number of carbonyl (C=O) groups is 3. The Morgan fingerprint density at radius 3 is 2.71 bits per heavy atom. The molecule has 3 amide bonds. The maximum atomic E-state index is 12.4. The second kappa shape index (κ2) is 5.95. The van der Waals surface area contributed by atoms with E-state index in [1.54, 1.807) is 7.05 Å². The van der Waals surface area contributed by atoms with Gasteiger partial charge in [-0.1, -0.05) is 0 Å². The van der Waals surface area contributed by atoms with E-state index in [9.17, 15) is 24.0 Å². The highest BCUT2D eigenvalue weighted by molar-refractivity contribution is 5.95. The lowest BCUT2D eigenvalue weighted by Gasteiger charge is -2.45. The van der Waals surface area contributed by atoms with Gasteiger partial charge in [0, 0.05) is 32.3 Å². The van der Waals surface area contributed by atoms with Gasteiger partial charge in [0.05, 0.1) is 13.1 Å². The number of nitrogens with zero attached hydrogens (tertiary/aromatic N) is 4. The van der Waals surface area contributed by atoms with Crippen LogP contribution < -0.4 is 11.1 Å². The number of aromatic nitrogens is 2. The Labute approximate surface area is 136 Å². The van der Waals surface area contributed by atoms with Gasteiger partial charge in [0.15, 0.2) is 0 Å². The molecule has 2 fully saturated rings. The topological polar surface area (TPSA) is 116 Å². The number of fused-ring (bicyclic) bond motifs is 1. The molecule has 128 valence electrons. The van der Waals surface area contributed by atoms with Gasteiger partial charge in [-0.25, -0.2) is 4.68 Å². The number of amides is 3. The van der Waals surface area contributed by atoms with Crippen LogP contribution in [-0.4, -0.2) is 81.5 Å². The Morgan fingerprint density at radius 1 is 1.21 bits per heavy atom.